The summed E-state index contributed by atoms with van der Waals surface area (Å²) in [5, 5.41) is 15.1. The summed E-state index contributed by atoms with van der Waals surface area (Å²) in [4.78, 5) is 3.74. The number of para-hydroxylation sites is 3. The van der Waals surface area contributed by atoms with Crippen LogP contribution in [0.2, 0.25) is 0 Å². The van der Waals surface area contributed by atoms with Crippen molar-refractivity contribution in [3.8, 4) is 39.7 Å². The lowest BCUT2D eigenvalue weighted by Gasteiger charge is -2.18. The molecule has 0 aliphatic heterocycles. The Labute approximate surface area is 277 Å². The number of hydrogen-bond donors (Lipinski definition) is 0. The molecule has 2 aromatic heterocycles. The van der Waals surface area contributed by atoms with Crippen molar-refractivity contribution < 1.29 is 0 Å². The second-order valence-corrected chi connectivity index (χ2v) is 11.9. The van der Waals surface area contributed by atoms with Crippen LogP contribution in [-0.4, -0.2) is 9.13 Å². The molecule has 0 aliphatic carbocycles. The number of hydrogen-bond acceptors (Lipinski definition) is 1. The van der Waals surface area contributed by atoms with E-state index in [0.29, 0.717) is 11.3 Å². The van der Waals surface area contributed by atoms with Gasteiger partial charge in [0.15, 0.2) is 5.69 Å². The summed E-state index contributed by atoms with van der Waals surface area (Å²) in [6.07, 6.45) is 0. The van der Waals surface area contributed by atoms with Gasteiger partial charge < -0.3 is 9.13 Å². The van der Waals surface area contributed by atoms with Gasteiger partial charge in [-0.25, -0.2) is 4.85 Å². The average Bonchev–Trinajstić information content (AvgIpc) is 3.67. The van der Waals surface area contributed by atoms with E-state index in [4.69, 9.17) is 6.57 Å². The summed E-state index contributed by atoms with van der Waals surface area (Å²) < 4.78 is 4.53. The van der Waals surface area contributed by atoms with Crippen molar-refractivity contribution in [3.63, 3.8) is 0 Å². The van der Waals surface area contributed by atoms with Crippen LogP contribution in [0.1, 0.15) is 5.56 Å². The van der Waals surface area contributed by atoms with Crippen molar-refractivity contribution in [1.82, 2.24) is 9.13 Å². The van der Waals surface area contributed by atoms with E-state index >= 15 is 0 Å². The third kappa shape index (κ3) is 4.07. The van der Waals surface area contributed by atoms with Crippen LogP contribution < -0.4 is 0 Å². The Hall–Kier alpha value is -6.88. The highest BCUT2D eigenvalue weighted by molar-refractivity contribution is 6.11. The van der Waals surface area contributed by atoms with Gasteiger partial charge in [0.2, 0.25) is 0 Å². The molecule has 48 heavy (non-hydrogen) atoms. The molecule has 4 nitrogen and oxygen atoms in total. The fraction of sp³-hybridized carbons (Fsp3) is 0. The fourth-order valence-electron chi connectivity index (χ4n) is 7.33. The highest BCUT2D eigenvalue weighted by atomic mass is 15.0. The van der Waals surface area contributed by atoms with Gasteiger partial charge in [-0.1, -0.05) is 109 Å². The molecule has 4 heteroatoms. The van der Waals surface area contributed by atoms with Crippen LogP contribution >= 0.6 is 0 Å². The standard InChI is InChI=1S/C44H26N4/c1-46-31-23-26-37-36-15-6-9-19-41(36)48(43(37)27-31)42-20-10-11-30(28-45)44(42)38-16-3-2-12-33(38)29-21-24-32(25-22-29)47-39-17-7-4-13-34(39)35-14-5-8-18-40(35)47/h2-27H. The topological polar surface area (TPSA) is 38.0 Å². The van der Waals surface area contributed by atoms with E-state index in [1.807, 2.05) is 48.5 Å². The van der Waals surface area contributed by atoms with Crippen molar-refractivity contribution in [2.24, 2.45) is 0 Å². The summed E-state index contributed by atoms with van der Waals surface area (Å²) >= 11 is 0. The molecular weight excluding hydrogens is 585 g/mol. The lowest BCUT2D eigenvalue weighted by Crippen LogP contribution is -2.00. The van der Waals surface area contributed by atoms with E-state index in [-0.39, 0.29) is 0 Å². The van der Waals surface area contributed by atoms with Crippen LogP contribution in [0.15, 0.2) is 158 Å². The molecule has 0 saturated heterocycles. The highest BCUT2D eigenvalue weighted by Crippen LogP contribution is 2.42. The Bertz CT molecular complexity index is 2750. The molecule has 0 spiro atoms. The van der Waals surface area contributed by atoms with Gasteiger partial charge in [0, 0.05) is 38.3 Å². The van der Waals surface area contributed by atoms with Crippen molar-refractivity contribution in [2.75, 3.05) is 0 Å². The van der Waals surface area contributed by atoms with Gasteiger partial charge in [-0.05, 0) is 65.2 Å². The maximum Gasteiger partial charge on any atom is 0.189 e. The zero-order valence-electron chi connectivity index (χ0n) is 25.8. The molecule has 222 valence electrons. The molecular formula is C44H26N4. The molecule has 0 saturated carbocycles. The van der Waals surface area contributed by atoms with Crippen molar-refractivity contribution in [1.29, 1.82) is 5.26 Å². The Morgan fingerprint density at radius 3 is 1.69 bits per heavy atom. The number of aromatic nitrogens is 2. The summed E-state index contributed by atoms with van der Waals surface area (Å²) in [6, 6.07) is 56.7. The van der Waals surface area contributed by atoms with E-state index in [0.717, 1.165) is 55.4 Å². The second-order valence-electron chi connectivity index (χ2n) is 11.9. The number of rotatable bonds is 4. The van der Waals surface area contributed by atoms with Gasteiger partial charge in [0.1, 0.15) is 0 Å². The largest absolute Gasteiger partial charge is 0.310 e. The first kappa shape index (κ1) is 27.4. The van der Waals surface area contributed by atoms with Crippen LogP contribution in [0.5, 0.6) is 0 Å². The van der Waals surface area contributed by atoms with Gasteiger partial charge >= 0.3 is 0 Å². The highest BCUT2D eigenvalue weighted by Gasteiger charge is 2.21. The molecule has 9 aromatic rings. The Balaban J connectivity index is 1.25. The molecule has 0 N–H and O–H groups in total. The van der Waals surface area contributed by atoms with Crippen LogP contribution in [0.4, 0.5) is 5.69 Å². The Morgan fingerprint density at radius 2 is 1.06 bits per heavy atom. The minimum atomic E-state index is 0.577. The third-order valence-electron chi connectivity index (χ3n) is 9.40. The lowest BCUT2D eigenvalue weighted by molar-refractivity contribution is 1.18. The molecule has 9 rings (SSSR count). The van der Waals surface area contributed by atoms with E-state index < -0.39 is 0 Å². The minimum absolute atomic E-state index is 0.577. The summed E-state index contributed by atoms with van der Waals surface area (Å²) in [6.45, 7) is 7.70. The number of nitrogens with zero attached hydrogens (tertiary/aromatic N) is 4. The first-order valence-electron chi connectivity index (χ1n) is 15.9. The molecule has 7 aromatic carbocycles. The van der Waals surface area contributed by atoms with Gasteiger partial charge in [0.25, 0.3) is 0 Å². The minimum Gasteiger partial charge on any atom is -0.310 e. The molecule has 2 heterocycles. The SMILES string of the molecule is [C-]#[N+]c1ccc2c3ccccc3n(-c3cccc(C#N)c3-c3ccccc3-c3ccc(-n4c5ccccc5c5ccccc54)cc3)c2c1. The first-order valence-corrected chi connectivity index (χ1v) is 15.9. The Kier molecular flexibility index (Phi) is 6.22. The maximum atomic E-state index is 10.5. The smallest absolute Gasteiger partial charge is 0.189 e. The molecule has 0 aliphatic rings. The zero-order valence-corrected chi connectivity index (χ0v) is 25.8. The van der Waals surface area contributed by atoms with Gasteiger partial charge in [-0.15, -0.1) is 0 Å². The van der Waals surface area contributed by atoms with E-state index in [2.05, 4.69) is 129 Å². The second kappa shape index (κ2) is 10.9. The van der Waals surface area contributed by atoms with Gasteiger partial charge in [0.05, 0.1) is 40.4 Å². The number of benzene rings is 7. The number of fused-ring (bicyclic) bond motifs is 6. The first-order chi connectivity index (χ1) is 23.7. The summed E-state index contributed by atoms with van der Waals surface area (Å²) in [5.74, 6) is 0. The lowest BCUT2D eigenvalue weighted by atomic mass is 9.90. The van der Waals surface area contributed by atoms with Crippen LogP contribution in [0.25, 0.3) is 82.1 Å². The fourth-order valence-corrected chi connectivity index (χ4v) is 7.33. The third-order valence-corrected chi connectivity index (χ3v) is 9.40. The van der Waals surface area contributed by atoms with Gasteiger partial charge in [-0.3, -0.25) is 0 Å². The number of nitriles is 1. The van der Waals surface area contributed by atoms with Crippen molar-refractivity contribution >= 4 is 49.3 Å². The summed E-state index contributed by atoms with van der Waals surface area (Å²) in [7, 11) is 0. The van der Waals surface area contributed by atoms with Crippen LogP contribution in [0, 0.1) is 17.9 Å². The Morgan fingerprint density at radius 1 is 0.500 bits per heavy atom. The average molecular weight is 611 g/mol. The van der Waals surface area contributed by atoms with Gasteiger partial charge in [-0.2, -0.15) is 5.26 Å². The monoisotopic (exact) mass is 610 g/mol. The van der Waals surface area contributed by atoms with Crippen molar-refractivity contribution in [2.45, 2.75) is 0 Å². The molecule has 0 amide bonds. The van der Waals surface area contributed by atoms with E-state index in [9.17, 15) is 5.26 Å². The maximum absolute atomic E-state index is 10.5. The molecule has 0 radical (unpaired) electrons. The van der Waals surface area contributed by atoms with Crippen LogP contribution in [0.3, 0.4) is 0 Å². The summed E-state index contributed by atoms with van der Waals surface area (Å²) in [5.41, 5.74) is 11.4. The molecule has 0 atom stereocenters. The molecule has 0 bridgehead atoms. The predicted molar refractivity (Wildman–Crippen MR) is 197 cm³/mol. The van der Waals surface area contributed by atoms with Crippen LogP contribution in [-0.2, 0) is 0 Å². The zero-order chi connectivity index (χ0) is 32.2. The quantitative estimate of drug-likeness (QED) is 0.183. The van der Waals surface area contributed by atoms with E-state index in [1.165, 1.54) is 21.8 Å². The normalized spacial score (nSPS) is 11.3. The van der Waals surface area contributed by atoms with Crippen molar-refractivity contribution in [3.05, 3.63) is 175 Å². The molecule has 0 unspecified atom stereocenters. The van der Waals surface area contributed by atoms with E-state index in [1.54, 1.807) is 0 Å². The molecule has 0 fully saturated rings. The predicted octanol–water partition coefficient (Wildman–Crippen LogP) is 11.6.